The predicted octanol–water partition coefficient (Wildman–Crippen LogP) is 1.64. The number of nitrogens with zero attached hydrogens (tertiary/aromatic N) is 3. The van der Waals surface area contributed by atoms with Crippen LogP contribution in [0.2, 0.25) is 0 Å². The van der Waals surface area contributed by atoms with E-state index in [9.17, 15) is 0 Å². The zero-order valence-corrected chi connectivity index (χ0v) is 11.2. The van der Waals surface area contributed by atoms with Gasteiger partial charge in [0.05, 0.1) is 10.4 Å². The largest absolute Gasteiger partial charge is 0.383 e. The van der Waals surface area contributed by atoms with Gasteiger partial charge in [0.15, 0.2) is 12.2 Å². The first-order chi connectivity index (χ1) is 8.11. The second-order valence-electron chi connectivity index (χ2n) is 4.04. The van der Waals surface area contributed by atoms with Crippen LogP contribution in [0.5, 0.6) is 0 Å². The highest BCUT2D eigenvalue weighted by molar-refractivity contribution is 7.09. The first-order valence-corrected chi connectivity index (χ1v) is 6.54. The molecule has 90 valence electrons. The second kappa shape index (κ2) is 4.79. The maximum Gasteiger partial charge on any atom is 0.225 e. The van der Waals surface area contributed by atoms with Gasteiger partial charge in [-0.1, -0.05) is 18.3 Å². The van der Waals surface area contributed by atoms with Crippen LogP contribution in [0.3, 0.4) is 0 Å². The van der Waals surface area contributed by atoms with E-state index in [1.54, 1.807) is 11.3 Å². The summed E-state index contributed by atoms with van der Waals surface area (Å²) in [7, 11) is 0. The Hall–Kier alpha value is -1.49. The Morgan fingerprint density at radius 1 is 1.41 bits per heavy atom. The molecule has 0 unspecified atom stereocenters. The van der Waals surface area contributed by atoms with E-state index >= 15 is 0 Å². The maximum absolute atomic E-state index is 5.90. The highest BCUT2D eigenvalue weighted by Gasteiger charge is 2.16. The van der Waals surface area contributed by atoms with Crippen molar-refractivity contribution in [3.8, 4) is 0 Å². The lowest BCUT2D eigenvalue weighted by Gasteiger charge is -2.01. The summed E-state index contributed by atoms with van der Waals surface area (Å²) < 4.78 is 2.20. The molecular formula is C12H17N4S+. The molecule has 0 aliphatic carbocycles. The summed E-state index contributed by atoms with van der Waals surface area (Å²) in [5.74, 6) is 1.29. The van der Waals surface area contributed by atoms with Crippen LogP contribution in [0.25, 0.3) is 0 Å². The standard InChI is InChI=1S/C12H17N4S/c1-4-11-8(2)16(7-17-11)6-10-5-14-9(3)15-12(10)13/h5,7H,4,6H2,1-3H3,(H2,13,14,15)/q+1. The molecule has 5 heteroatoms. The molecule has 2 heterocycles. The molecule has 0 atom stereocenters. The van der Waals surface area contributed by atoms with E-state index in [-0.39, 0.29) is 0 Å². The third-order valence-electron chi connectivity index (χ3n) is 2.84. The summed E-state index contributed by atoms with van der Waals surface area (Å²) in [6.07, 6.45) is 2.89. The Labute approximate surface area is 105 Å². The minimum absolute atomic E-state index is 0.577. The normalized spacial score (nSPS) is 10.8. The van der Waals surface area contributed by atoms with E-state index in [1.165, 1.54) is 10.6 Å². The fourth-order valence-corrected chi connectivity index (χ4v) is 2.71. The fourth-order valence-electron chi connectivity index (χ4n) is 1.76. The zero-order chi connectivity index (χ0) is 12.4. The van der Waals surface area contributed by atoms with Gasteiger partial charge in [0, 0.05) is 13.1 Å². The third-order valence-corrected chi connectivity index (χ3v) is 4.07. The quantitative estimate of drug-likeness (QED) is 0.841. The molecule has 0 bridgehead atoms. The van der Waals surface area contributed by atoms with Crippen LogP contribution >= 0.6 is 11.3 Å². The van der Waals surface area contributed by atoms with Crippen LogP contribution in [-0.2, 0) is 13.0 Å². The molecule has 0 aliphatic heterocycles. The lowest BCUT2D eigenvalue weighted by molar-refractivity contribution is -0.689. The van der Waals surface area contributed by atoms with Crippen molar-refractivity contribution < 1.29 is 4.57 Å². The van der Waals surface area contributed by atoms with E-state index in [4.69, 9.17) is 5.73 Å². The molecule has 0 radical (unpaired) electrons. The van der Waals surface area contributed by atoms with Gasteiger partial charge in [0.25, 0.3) is 0 Å². The Morgan fingerprint density at radius 3 is 2.76 bits per heavy atom. The van der Waals surface area contributed by atoms with E-state index in [0.29, 0.717) is 11.6 Å². The van der Waals surface area contributed by atoms with Crippen LogP contribution in [-0.4, -0.2) is 9.97 Å². The molecule has 0 fully saturated rings. The topological polar surface area (TPSA) is 55.7 Å². The molecule has 0 spiro atoms. The minimum Gasteiger partial charge on any atom is -0.383 e. The zero-order valence-electron chi connectivity index (χ0n) is 10.4. The van der Waals surface area contributed by atoms with Gasteiger partial charge in [-0.3, -0.25) is 0 Å². The fraction of sp³-hybridized carbons (Fsp3) is 0.417. The van der Waals surface area contributed by atoms with E-state index in [2.05, 4.69) is 33.9 Å². The lowest BCUT2D eigenvalue weighted by atomic mass is 10.2. The van der Waals surface area contributed by atoms with Gasteiger partial charge in [-0.05, 0) is 13.3 Å². The van der Waals surface area contributed by atoms with Crippen molar-refractivity contribution in [1.29, 1.82) is 0 Å². The van der Waals surface area contributed by atoms with Crippen molar-refractivity contribution in [2.24, 2.45) is 0 Å². The van der Waals surface area contributed by atoms with Crippen LogP contribution in [0.4, 0.5) is 5.82 Å². The Kier molecular flexibility index (Phi) is 3.38. The van der Waals surface area contributed by atoms with Crippen molar-refractivity contribution in [1.82, 2.24) is 9.97 Å². The number of anilines is 1. The van der Waals surface area contributed by atoms with Gasteiger partial charge in [0.2, 0.25) is 5.51 Å². The van der Waals surface area contributed by atoms with Gasteiger partial charge in [-0.2, -0.15) is 4.57 Å². The van der Waals surface area contributed by atoms with Crippen LogP contribution in [0, 0.1) is 13.8 Å². The van der Waals surface area contributed by atoms with Crippen LogP contribution in [0.1, 0.15) is 28.9 Å². The van der Waals surface area contributed by atoms with Crippen molar-refractivity contribution in [3.63, 3.8) is 0 Å². The van der Waals surface area contributed by atoms with Gasteiger partial charge in [-0.15, -0.1) is 0 Å². The molecule has 2 aromatic heterocycles. The van der Waals surface area contributed by atoms with Crippen LogP contribution in [0.15, 0.2) is 11.7 Å². The minimum atomic E-state index is 0.577. The number of rotatable bonds is 3. The number of nitrogens with two attached hydrogens (primary N) is 1. The summed E-state index contributed by atoms with van der Waals surface area (Å²) in [4.78, 5) is 9.79. The molecule has 4 nitrogen and oxygen atoms in total. The first-order valence-electron chi connectivity index (χ1n) is 5.66. The average molecular weight is 249 g/mol. The van der Waals surface area contributed by atoms with Crippen LogP contribution < -0.4 is 10.3 Å². The highest BCUT2D eigenvalue weighted by atomic mass is 32.1. The molecule has 0 aromatic carbocycles. The number of hydrogen-bond donors (Lipinski definition) is 1. The Balaban J connectivity index is 2.28. The van der Waals surface area contributed by atoms with Gasteiger partial charge in [-0.25, -0.2) is 9.97 Å². The number of aryl methyl sites for hydroxylation is 2. The second-order valence-corrected chi connectivity index (χ2v) is 4.98. The molecule has 0 saturated carbocycles. The SMILES string of the molecule is CCc1sc[n+](Cc2cnc(C)nc2N)c1C. The number of aromatic nitrogens is 3. The van der Waals surface area contributed by atoms with Gasteiger partial charge >= 0.3 is 0 Å². The number of hydrogen-bond acceptors (Lipinski definition) is 4. The molecule has 0 saturated heterocycles. The predicted molar refractivity (Wildman–Crippen MR) is 68.9 cm³/mol. The van der Waals surface area contributed by atoms with Crippen molar-refractivity contribution in [2.45, 2.75) is 33.7 Å². The smallest absolute Gasteiger partial charge is 0.225 e. The lowest BCUT2D eigenvalue weighted by Crippen LogP contribution is -2.35. The van der Waals surface area contributed by atoms with Crippen molar-refractivity contribution >= 4 is 17.2 Å². The molecule has 2 N–H and O–H groups in total. The van der Waals surface area contributed by atoms with Crippen molar-refractivity contribution in [2.75, 3.05) is 5.73 Å². The summed E-state index contributed by atoms with van der Waals surface area (Å²) in [6, 6.07) is 0. The molecule has 2 aromatic rings. The molecular weight excluding hydrogens is 232 g/mol. The molecule has 0 amide bonds. The molecule has 2 rings (SSSR count). The van der Waals surface area contributed by atoms with E-state index in [1.807, 2.05) is 13.1 Å². The van der Waals surface area contributed by atoms with Gasteiger partial charge in [0.1, 0.15) is 11.6 Å². The summed E-state index contributed by atoms with van der Waals surface area (Å²) >= 11 is 1.79. The molecule has 0 aliphatic rings. The maximum atomic E-state index is 5.90. The molecule has 17 heavy (non-hydrogen) atoms. The number of thiazole rings is 1. The third kappa shape index (κ3) is 2.44. The average Bonchev–Trinajstić information content (AvgIpc) is 2.64. The monoisotopic (exact) mass is 249 g/mol. The van der Waals surface area contributed by atoms with Gasteiger partial charge < -0.3 is 5.73 Å². The van der Waals surface area contributed by atoms with Crippen molar-refractivity contribution in [3.05, 3.63) is 33.7 Å². The Morgan fingerprint density at radius 2 is 2.18 bits per heavy atom. The summed E-state index contributed by atoms with van der Waals surface area (Å²) in [6.45, 7) is 6.90. The summed E-state index contributed by atoms with van der Waals surface area (Å²) in [5, 5.41) is 0. The highest BCUT2D eigenvalue weighted by Crippen LogP contribution is 2.13. The summed E-state index contributed by atoms with van der Waals surface area (Å²) in [5.41, 5.74) is 10.3. The number of nitrogen functional groups attached to an aromatic ring is 1. The van der Waals surface area contributed by atoms with E-state index < -0.39 is 0 Å². The first kappa shape index (κ1) is 12.0. The van der Waals surface area contributed by atoms with E-state index in [0.717, 1.165) is 18.5 Å². The Bertz CT molecular complexity index is 533.